The van der Waals surface area contributed by atoms with E-state index in [1.807, 2.05) is 30.3 Å². The summed E-state index contributed by atoms with van der Waals surface area (Å²) in [5.74, 6) is 0.0319. The molecule has 0 radical (unpaired) electrons. The highest BCUT2D eigenvalue weighted by Gasteiger charge is 2.51. The van der Waals surface area contributed by atoms with Gasteiger partial charge in [0.05, 0.1) is 0 Å². The Kier molecular flexibility index (Phi) is 4.19. The van der Waals surface area contributed by atoms with Crippen LogP contribution in [-0.2, 0) is 0 Å². The highest BCUT2D eigenvalue weighted by molar-refractivity contribution is 5.94. The number of amides is 1. The van der Waals surface area contributed by atoms with Crippen LogP contribution in [0.1, 0.15) is 50.9 Å². The molecule has 0 heterocycles. The van der Waals surface area contributed by atoms with E-state index in [2.05, 4.69) is 38.3 Å². The van der Waals surface area contributed by atoms with Gasteiger partial charge in [0.1, 0.15) is 0 Å². The van der Waals surface area contributed by atoms with Gasteiger partial charge in [-0.3, -0.25) is 4.79 Å². The first-order chi connectivity index (χ1) is 9.40. The number of nitrogens with one attached hydrogen (secondary N) is 2. The molecule has 0 aliphatic heterocycles. The molecule has 1 aromatic carbocycles. The molecule has 1 saturated carbocycles. The zero-order valence-electron chi connectivity index (χ0n) is 13.0. The SMILES string of the molecule is CCN[C@]1(C)CC[C@H](NC(=O)c2ccccc2)C1(C)C. The van der Waals surface area contributed by atoms with Crippen molar-refractivity contribution >= 4 is 5.91 Å². The van der Waals surface area contributed by atoms with Crippen molar-refractivity contribution in [1.29, 1.82) is 0 Å². The number of rotatable bonds is 4. The molecule has 0 bridgehead atoms. The average molecular weight is 274 g/mol. The van der Waals surface area contributed by atoms with Gasteiger partial charge >= 0.3 is 0 Å². The van der Waals surface area contributed by atoms with Crippen LogP contribution in [0.4, 0.5) is 0 Å². The molecule has 0 saturated heterocycles. The fourth-order valence-corrected chi connectivity index (χ4v) is 3.29. The maximum absolute atomic E-state index is 12.3. The van der Waals surface area contributed by atoms with E-state index >= 15 is 0 Å². The van der Waals surface area contributed by atoms with Crippen molar-refractivity contribution in [2.75, 3.05) is 6.54 Å². The Morgan fingerprint density at radius 3 is 2.50 bits per heavy atom. The predicted molar refractivity (Wildman–Crippen MR) is 82.8 cm³/mol. The van der Waals surface area contributed by atoms with Crippen LogP contribution in [0.2, 0.25) is 0 Å². The minimum Gasteiger partial charge on any atom is -0.349 e. The molecule has 0 unspecified atom stereocenters. The quantitative estimate of drug-likeness (QED) is 0.886. The first-order valence-electron chi connectivity index (χ1n) is 7.51. The van der Waals surface area contributed by atoms with E-state index in [-0.39, 0.29) is 22.9 Å². The molecule has 110 valence electrons. The lowest BCUT2D eigenvalue weighted by molar-refractivity contribution is 0.0869. The van der Waals surface area contributed by atoms with E-state index in [9.17, 15) is 4.79 Å². The lowest BCUT2D eigenvalue weighted by atomic mass is 9.74. The van der Waals surface area contributed by atoms with Crippen molar-refractivity contribution in [1.82, 2.24) is 10.6 Å². The Morgan fingerprint density at radius 1 is 1.25 bits per heavy atom. The standard InChI is InChI=1S/C17H26N2O/c1-5-18-17(4)12-11-14(16(17,2)3)19-15(20)13-9-7-6-8-10-13/h6-10,14,18H,5,11-12H2,1-4H3,(H,19,20)/t14-,17+/m0/s1. The molecule has 1 aliphatic rings. The van der Waals surface area contributed by atoms with Crippen LogP contribution in [0.15, 0.2) is 30.3 Å². The average Bonchev–Trinajstić information content (AvgIpc) is 2.64. The molecule has 1 aliphatic carbocycles. The Hall–Kier alpha value is -1.35. The van der Waals surface area contributed by atoms with Crippen LogP contribution in [-0.4, -0.2) is 24.0 Å². The van der Waals surface area contributed by atoms with Crippen molar-refractivity contribution in [2.45, 2.75) is 52.1 Å². The van der Waals surface area contributed by atoms with Crippen LogP contribution in [0.25, 0.3) is 0 Å². The van der Waals surface area contributed by atoms with Gasteiger partial charge in [0, 0.05) is 22.6 Å². The van der Waals surface area contributed by atoms with Crippen molar-refractivity contribution in [3.8, 4) is 0 Å². The number of hydrogen-bond donors (Lipinski definition) is 2. The number of carbonyl (C=O) groups excluding carboxylic acids is 1. The molecule has 1 amide bonds. The molecule has 1 aromatic rings. The van der Waals surface area contributed by atoms with Crippen molar-refractivity contribution in [2.24, 2.45) is 5.41 Å². The number of benzene rings is 1. The summed E-state index contributed by atoms with van der Waals surface area (Å²) in [7, 11) is 0. The second kappa shape index (κ2) is 5.57. The summed E-state index contributed by atoms with van der Waals surface area (Å²) in [6, 6.07) is 9.66. The van der Waals surface area contributed by atoms with Gasteiger partial charge < -0.3 is 10.6 Å². The maximum Gasteiger partial charge on any atom is 0.251 e. The molecule has 3 nitrogen and oxygen atoms in total. The normalized spacial score (nSPS) is 28.3. The van der Waals surface area contributed by atoms with E-state index in [4.69, 9.17) is 0 Å². The van der Waals surface area contributed by atoms with E-state index in [1.165, 1.54) is 0 Å². The first kappa shape index (κ1) is 15.0. The van der Waals surface area contributed by atoms with Gasteiger partial charge in [0.15, 0.2) is 0 Å². The van der Waals surface area contributed by atoms with Crippen molar-refractivity contribution < 1.29 is 4.79 Å². The lowest BCUT2D eigenvalue weighted by Gasteiger charge is -2.42. The second-order valence-corrected chi connectivity index (χ2v) is 6.51. The highest BCUT2D eigenvalue weighted by Crippen LogP contribution is 2.45. The van der Waals surface area contributed by atoms with Crippen LogP contribution in [0.3, 0.4) is 0 Å². The predicted octanol–water partition coefficient (Wildman–Crippen LogP) is 2.97. The lowest BCUT2D eigenvalue weighted by Crippen LogP contribution is -2.56. The van der Waals surface area contributed by atoms with Crippen LogP contribution < -0.4 is 10.6 Å². The minimum absolute atomic E-state index is 0.0319. The summed E-state index contributed by atoms with van der Waals surface area (Å²) in [4.78, 5) is 12.3. The molecule has 0 spiro atoms. The molecule has 20 heavy (non-hydrogen) atoms. The molecule has 2 atom stereocenters. The highest BCUT2D eigenvalue weighted by atomic mass is 16.1. The summed E-state index contributed by atoms with van der Waals surface area (Å²) < 4.78 is 0. The maximum atomic E-state index is 12.3. The third kappa shape index (κ3) is 2.59. The molecule has 3 heteroatoms. The summed E-state index contributed by atoms with van der Waals surface area (Å²) in [5.41, 5.74) is 0.851. The van der Waals surface area contributed by atoms with E-state index in [0.717, 1.165) is 24.9 Å². The minimum atomic E-state index is 0.0319. The van der Waals surface area contributed by atoms with Crippen LogP contribution >= 0.6 is 0 Å². The van der Waals surface area contributed by atoms with Gasteiger partial charge in [-0.1, -0.05) is 39.0 Å². The Morgan fingerprint density at radius 2 is 1.90 bits per heavy atom. The fourth-order valence-electron chi connectivity index (χ4n) is 3.29. The number of hydrogen-bond acceptors (Lipinski definition) is 2. The first-order valence-corrected chi connectivity index (χ1v) is 7.51. The van der Waals surface area contributed by atoms with Crippen molar-refractivity contribution in [3.63, 3.8) is 0 Å². The third-order valence-corrected chi connectivity index (χ3v) is 5.13. The van der Waals surface area contributed by atoms with E-state index in [0.29, 0.717) is 0 Å². The Labute approximate surface area is 122 Å². The molecular weight excluding hydrogens is 248 g/mol. The molecule has 2 N–H and O–H groups in total. The Bertz CT molecular complexity index is 469. The molecule has 1 fully saturated rings. The zero-order valence-corrected chi connectivity index (χ0v) is 13.0. The molecule has 0 aromatic heterocycles. The second-order valence-electron chi connectivity index (χ2n) is 6.51. The number of carbonyl (C=O) groups is 1. The van der Waals surface area contributed by atoms with Gasteiger partial charge in [-0.2, -0.15) is 0 Å². The summed E-state index contributed by atoms with van der Waals surface area (Å²) in [5, 5.41) is 6.82. The molecule has 2 rings (SSSR count). The Balaban J connectivity index is 2.10. The van der Waals surface area contributed by atoms with Crippen LogP contribution in [0, 0.1) is 5.41 Å². The topological polar surface area (TPSA) is 41.1 Å². The smallest absolute Gasteiger partial charge is 0.251 e. The van der Waals surface area contributed by atoms with E-state index < -0.39 is 0 Å². The third-order valence-electron chi connectivity index (χ3n) is 5.13. The van der Waals surface area contributed by atoms with Gasteiger partial charge in [-0.15, -0.1) is 0 Å². The van der Waals surface area contributed by atoms with E-state index in [1.54, 1.807) is 0 Å². The summed E-state index contributed by atoms with van der Waals surface area (Å²) in [6.45, 7) is 9.86. The van der Waals surface area contributed by atoms with Gasteiger partial charge in [-0.05, 0) is 38.4 Å². The van der Waals surface area contributed by atoms with Gasteiger partial charge in [-0.25, -0.2) is 0 Å². The fraction of sp³-hybridized carbons (Fsp3) is 0.588. The zero-order chi connectivity index (χ0) is 14.8. The summed E-state index contributed by atoms with van der Waals surface area (Å²) >= 11 is 0. The van der Waals surface area contributed by atoms with Crippen molar-refractivity contribution in [3.05, 3.63) is 35.9 Å². The van der Waals surface area contributed by atoms with Crippen LogP contribution in [0.5, 0.6) is 0 Å². The largest absolute Gasteiger partial charge is 0.349 e. The monoisotopic (exact) mass is 274 g/mol. The summed E-state index contributed by atoms with van der Waals surface area (Å²) in [6.07, 6.45) is 2.11. The molecular formula is C17H26N2O. The van der Waals surface area contributed by atoms with Gasteiger partial charge in [0.2, 0.25) is 0 Å². The van der Waals surface area contributed by atoms with Gasteiger partial charge in [0.25, 0.3) is 5.91 Å².